The van der Waals surface area contributed by atoms with E-state index in [2.05, 4.69) is 74.5 Å². The van der Waals surface area contributed by atoms with Crippen molar-refractivity contribution in [1.82, 2.24) is 0 Å². The maximum absolute atomic E-state index is 2.51. The minimum atomic E-state index is 0.302. The Morgan fingerprint density at radius 1 is 0.708 bits per heavy atom. The van der Waals surface area contributed by atoms with Crippen molar-refractivity contribution in [2.24, 2.45) is 5.41 Å². The summed E-state index contributed by atoms with van der Waals surface area (Å²) in [6.07, 6.45) is 9.02. The summed E-state index contributed by atoms with van der Waals surface area (Å²) in [5, 5.41) is 0. The fraction of sp³-hybridized carbons (Fsp3) is 0.333. The van der Waals surface area contributed by atoms with Crippen molar-refractivity contribution in [3.8, 4) is 0 Å². The normalized spacial score (nSPS) is 26.2. The van der Waals surface area contributed by atoms with Crippen LogP contribution in [0.15, 0.2) is 59.7 Å². The van der Waals surface area contributed by atoms with Crippen molar-refractivity contribution in [2.45, 2.75) is 44.9 Å². The highest BCUT2D eigenvalue weighted by Crippen LogP contribution is 2.63. The van der Waals surface area contributed by atoms with Gasteiger partial charge in [-0.2, -0.15) is 0 Å². The minimum Gasteiger partial charge on any atom is -0.0619 e. The van der Waals surface area contributed by atoms with Gasteiger partial charge in [0.25, 0.3) is 0 Å². The summed E-state index contributed by atoms with van der Waals surface area (Å²) >= 11 is 0. The molecule has 0 bridgehead atoms. The summed E-state index contributed by atoms with van der Waals surface area (Å²) in [6, 6.07) is 17.9. The van der Waals surface area contributed by atoms with Gasteiger partial charge in [0.2, 0.25) is 0 Å². The molecule has 0 heterocycles. The molecule has 5 rings (SSSR count). The largest absolute Gasteiger partial charge is 0.0619 e. The Morgan fingerprint density at radius 2 is 1.17 bits per heavy atom. The number of benzene rings is 2. The predicted molar refractivity (Wildman–Crippen MR) is 102 cm³/mol. The number of rotatable bonds is 2. The molecule has 120 valence electrons. The highest BCUT2D eigenvalue weighted by Gasteiger charge is 2.49. The number of hydrogen-bond donors (Lipinski definition) is 0. The van der Waals surface area contributed by atoms with E-state index in [-0.39, 0.29) is 0 Å². The molecule has 0 aromatic heterocycles. The molecule has 0 N–H and O–H groups in total. The van der Waals surface area contributed by atoms with Crippen LogP contribution in [0, 0.1) is 5.41 Å². The number of allylic oxidation sites excluding steroid dienone is 2. The second kappa shape index (κ2) is 4.96. The van der Waals surface area contributed by atoms with Gasteiger partial charge in [0.1, 0.15) is 0 Å². The molecule has 0 nitrogen and oxygen atoms in total. The van der Waals surface area contributed by atoms with E-state index < -0.39 is 0 Å². The number of fused-ring (bicyclic) bond motifs is 2. The van der Waals surface area contributed by atoms with Gasteiger partial charge in [0.05, 0.1) is 0 Å². The Hall–Kier alpha value is -2.08. The average Bonchev–Trinajstić information content (AvgIpc) is 3.07. The lowest BCUT2D eigenvalue weighted by Gasteiger charge is -2.48. The summed E-state index contributed by atoms with van der Waals surface area (Å²) in [5.41, 5.74) is 9.55. The summed E-state index contributed by atoms with van der Waals surface area (Å²) in [6.45, 7) is 4.82. The topological polar surface area (TPSA) is 0 Å². The van der Waals surface area contributed by atoms with Gasteiger partial charge in [-0.1, -0.05) is 92.1 Å². The third-order valence-corrected chi connectivity index (χ3v) is 6.79. The van der Waals surface area contributed by atoms with Crippen LogP contribution < -0.4 is 0 Å². The van der Waals surface area contributed by atoms with Crippen molar-refractivity contribution in [3.63, 3.8) is 0 Å². The van der Waals surface area contributed by atoms with Gasteiger partial charge in [-0.3, -0.25) is 0 Å². The third-order valence-electron chi connectivity index (χ3n) is 6.79. The summed E-state index contributed by atoms with van der Waals surface area (Å²) in [4.78, 5) is 0. The van der Waals surface area contributed by atoms with E-state index in [1.807, 2.05) is 0 Å². The maximum atomic E-state index is 2.51. The van der Waals surface area contributed by atoms with E-state index in [1.165, 1.54) is 41.5 Å². The Labute approximate surface area is 144 Å². The van der Waals surface area contributed by atoms with E-state index in [0.717, 1.165) is 0 Å². The van der Waals surface area contributed by atoms with E-state index >= 15 is 0 Å². The highest BCUT2D eigenvalue weighted by molar-refractivity contribution is 5.74. The van der Waals surface area contributed by atoms with Crippen LogP contribution in [0.3, 0.4) is 0 Å². The monoisotopic (exact) mass is 312 g/mol. The first-order valence-electron chi connectivity index (χ1n) is 9.33. The van der Waals surface area contributed by atoms with Gasteiger partial charge in [-0.15, -0.1) is 0 Å². The molecule has 0 radical (unpaired) electrons. The molecule has 0 saturated heterocycles. The fourth-order valence-corrected chi connectivity index (χ4v) is 5.37. The van der Waals surface area contributed by atoms with Gasteiger partial charge >= 0.3 is 0 Å². The van der Waals surface area contributed by atoms with Crippen LogP contribution in [0.5, 0.6) is 0 Å². The lowest BCUT2D eigenvalue weighted by atomic mass is 9.56. The quantitative estimate of drug-likeness (QED) is 0.589. The second-order valence-corrected chi connectivity index (χ2v) is 7.84. The van der Waals surface area contributed by atoms with Crippen LogP contribution in [0.4, 0.5) is 0 Å². The van der Waals surface area contributed by atoms with Crippen LogP contribution in [0.2, 0.25) is 0 Å². The van der Waals surface area contributed by atoms with Crippen molar-refractivity contribution in [2.75, 3.05) is 0 Å². The molecule has 2 atom stereocenters. The molecule has 0 amide bonds. The van der Waals surface area contributed by atoms with Gasteiger partial charge in [0, 0.05) is 17.3 Å². The Morgan fingerprint density at radius 3 is 1.54 bits per heavy atom. The second-order valence-electron chi connectivity index (χ2n) is 7.84. The highest BCUT2D eigenvalue weighted by atomic mass is 14.5. The molecule has 3 aliphatic rings. The zero-order valence-electron chi connectivity index (χ0n) is 14.5. The Bertz CT molecular complexity index is 807. The molecule has 0 spiro atoms. The summed E-state index contributed by atoms with van der Waals surface area (Å²) in [7, 11) is 0. The van der Waals surface area contributed by atoms with Crippen molar-refractivity contribution in [1.29, 1.82) is 0 Å². The zero-order chi connectivity index (χ0) is 16.3. The molecule has 1 fully saturated rings. The van der Waals surface area contributed by atoms with Crippen LogP contribution in [0.1, 0.15) is 67.2 Å². The molecule has 2 aromatic rings. The predicted octanol–water partition coefficient (Wildman–Crippen LogP) is 6.56. The molecule has 2 unspecified atom stereocenters. The van der Waals surface area contributed by atoms with Crippen molar-refractivity contribution in [3.05, 3.63) is 81.9 Å². The first-order chi connectivity index (χ1) is 11.7. The lowest BCUT2D eigenvalue weighted by Crippen LogP contribution is -2.35. The van der Waals surface area contributed by atoms with Crippen LogP contribution in [0.25, 0.3) is 12.2 Å². The molecule has 1 saturated carbocycles. The van der Waals surface area contributed by atoms with E-state index in [9.17, 15) is 0 Å². The zero-order valence-corrected chi connectivity index (χ0v) is 14.5. The SMILES string of the molecule is CC1C(C2(C3=Cc4ccccc4C3C)CCC2)=Cc2ccccc21. The summed E-state index contributed by atoms with van der Waals surface area (Å²) < 4.78 is 0. The molecular weight excluding hydrogens is 288 g/mol. The maximum Gasteiger partial charge on any atom is 0.0139 e. The summed E-state index contributed by atoms with van der Waals surface area (Å²) in [5.74, 6) is 1.11. The first kappa shape index (κ1) is 14.3. The molecule has 3 aliphatic carbocycles. The van der Waals surface area contributed by atoms with Crippen molar-refractivity contribution < 1.29 is 0 Å². The first-order valence-corrected chi connectivity index (χ1v) is 9.33. The van der Waals surface area contributed by atoms with Crippen LogP contribution in [-0.4, -0.2) is 0 Å². The Balaban J connectivity index is 1.61. The van der Waals surface area contributed by atoms with Gasteiger partial charge < -0.3 is 0 Å². The Kier molecular flexibility index (Phi) is 2.95. The molecular formula is C24H24. The smallest absolute Gasteiger partial charge is 0.0139 e. The van der Waals surface area contributed by atoms with Crippen LogP contribution in [-0.2, 0) is 0 Å². The van der Waals surface area contributed by atoms with E-state index in [1.54, 1.807) is 11.1 Å². The van der Waals surface area contributed by atoms with Crippen LogP contribution >= 0.6 is 0 Å². The standard InChI is InChI=1S/C24H24/c1-16-20-10-5-3-8-18(20)14-22(16)24(12-7-13-24)23-15-19-9-4-6-11-21(19)17(23)2/h3-6,8-11,14-17H,7,12-13H2,1-2H3. The minimum absolute atomic E-state index is 0.302. The molecule has 0 aliphatic heterocycles. The lowest BCUT2D eigenvalue weighted by molar-refractivity contribution is 0.223. The molecule has 2 aromatic carbocycles. The van der Waals surface area contributed by atoms with E-state index in [0.29, 0.717) is 17.3 Å². The van der Waals surface area contributed by atoms with E-state index in [4.69, 9.17) is 0 Å². The van der Waals surface area contributed by atoms with Gasteiger partial charge in [-0.25, -0.2) is 0 Å². The van der Waals surface area contributed by atoms with Crippen molar-refractivity contribution >= 4 is 12.2 Å². The number of hydrogen-bond acceptors (Lipinski definition) is 0. The molecule has 0 heteroatoms. The third kappa shape index (κ3) is 1.75. The van der Waals surface area contributed by atoms with Gasteiger partial charge in [-0.05, 0) is 35.1 Å². The average molecular weight is 312 g/mol. The molecule has 24 heavy (non-hydrogen) atoms. The fourth-order valence-electron chi connectivity index (χ4n) is 5.37. The van der Waals surface area contributed by atoms with Gasteiger partial charge in [0.15, 0.2) is 0 Å².